The van der Waals surface area contributed by atoms with Gasteiger partial charge in [-0.3, -0.25) is 0 Å². The Morgan fingerprint density at radius 1 is 0.412 bits per heavy atom. The van der Waals surface area contributed by atoms with Crippen LogP contribution in [0.4, 0.5) is 0 Å². The average molecular weight is 545 g/mol. The van der Waals surface area contributed by atoms with E-state index in [1.807, 2.05) is 68.0 Å². The van der Waals surface area contributed by atoms with E-state index in [0.29, 0.717) is 0 Å². The Bertz CT molecular complexity index is 1900. The van der Waals surface area contributed by atoms with Gasteiger partial charge in [0.15, 0.2) is 0 Å². The maximum absolute atomic E-state index is 2.37. The number of hydrogen-bond donors (Lipinski definition) is 0. The van der Waals surface area contributed by atoms with Crippen molar-refractivity contribution in [2.45, 2.75) is 13.8 Å². The molecule has 2 aromatic carbocycles. The van der Waals surface area contributed by atoms with Gasteiger partial charge in [-0.15, -0.1) is 68.0 Å². The van der Waals surface area contributed by atoms with Crippen molar-refractivity contribution in [2.24, 2.45) is 0 Å². The number of aryl methyl sites for hydroxylation is 2. The van der Waals surface area contributed by atoms with Gasteiger partial charge in [-0.05, 0) is 38.1 Å². The van der Waals surface area contributed by atoms with Gasteiger partial charge in [0.2, 0.25) is 0 Å². The van der Waals surface area contributed by atoms with Crippen molar-refractivity contribution in [2.75, 3.05) is 0 Å². The minimum absolute atomic E-state index is 1.37. The SMILES string of the molecule is Cc1ccc(-c2csc3c2ccc2c3sc3c4ccc5c(-c6ccc(C)s6)csc5c4sc23)s1. The van der Waals surface area contributed by atoms with Gasteiger partial charge in [0, 0.05) is 62.9 Å². The van der Waals surface area contributed by atoms with E-state index in [1.54, 1.807) is 0 Å². The van der Waals surface area contributed by atoms with Gasteiger partial charge in [-0.25, -0.2) is 0 Å². The van der Waals surface area contributed by atoms with Gasteiger partial charge in [0.1, 0.15) is 0 Å². The van der Waals surface area contributed by atoms with Crippen molar-refractivity contribution in [3.63, 3.8) is 0 Å². The molecule has 0 saturated carbocycles. The summed E-state index contributed by atoms with van der Waals surface area (Å²) < 4.78 is 8.68. The van der Waals surface area contributed by atoms with Gasteiger partial charge in [0.25, 0.3) is 0 Å². The summed E-state index contributed by atoms with van der Waals surface area (Å²) in [6.45, 7) is 4.38. The molecule has 6 heterocycles. The lowest BCUT2D eigenvalue weighted by Crippen LogP contribution is -1.70. The third kappa shape index (κ3) is 2.72. The molecule has 164 valence electrons. The first-order valence-corrected chi connectivity index (χ1v) is 16.0. The third-order valence-corrected chi connectivity index (χ3v) is 13.5. The Hall–Kier alpha value is -2.06. The predicted octanol–water partition coefficient (Wildman–Crippen LogP) is 11.8. The van der Waals surface area contributed by atoms with Crippen LogP contribution in [0.1, 0.15) is 9.75 Å². The Labute approximate surface area is 220 Å². The van der Waals surface area contributed by atoms with E-state index in [9.17, 15) is 0 Å². The molecule has 0 saturated heterocycles. The van der Waals surface area contributed by atoms with Crippen LogP contribution in [0.2, 0.25) is 0 Å². The lowest BCUT2D eigenvalue weighted by molar-refractivity contribution is 1.64. The summed E-state index contributed by atoms with van der Waals surface area (Å²) in [5, 5.41) is 10.3. The molecule has 0 aliphatic carbocycles. The molecule has 6 aromatic heterocycles. The van der Waals surface area contributed by atoms with E-state index in [0.717, 1.165) is 0 Å². The zero-order chi connectivity index (χ0) is 22.6. The molecule has 8 rings (SSSR count). The largest absolute Gasteiger partial charge is 0.142 e. The van der Waals surface area contributed by atoms with Crippen molar-refractivity contribution >= 4 is 118 Å². The van der Waals surface area contributed by atoms with E-state index in [-0.39, 0.29) is 0 Å². The van der Waals surface area contributed by atoms with E-state index in [1.165, 1.54) is 80.4 Å². The van der Waals surface area contributed by atoms with Crippen molar-refractivity contribution in [3.05, 3.63) is 69.0 Å². The van der Waals surface area contributed by atoms with Gasteiger partial charge in [-0.2, -0.15) is 0 Å². The van der Waals surface area contributed by atoms with Gasteiger partial charge in [0.05, 0.1) is 28.2 Å². The van der Waals surface area contributed by atoms with Crippen molar-refractivity contribution in [1.29, 1.82) is 0 Å². The third-order valence-electron chi connectivity index (χ3n) is 6.51. The lowest BCUT2D eigenvalue weighted by atomic mass is 10.1. The summed E-state index contributed by atoms with van der Waals surface area (Å²) in [6, 6.07) is 18.4. The smallest absolute Gasteiger partial charge is 0.0543 e. The summed E-state index contributed by atoms with van der Waals surface area (Å²) in [5.74, 6) is 0. The minimum atomic E-state index is 1.37. The highest BCUT2D eigenvalue weighted by Crippen LogP contribution is 2.52. The fourth-order valence-corrected chi connectivity index (χ4v) is 12.1. The number of hydrogen-bond acceptors (Lipinski definition) is 6. The monoisotopic (exact) mass is 544 g/mol. The summed E-state index contributed by atoms with van der Waals surface area (Å²) >= 11 is 11.6. The maximum Gasteiger partial charge on any atom is 0.0543 e. The molecule has 0 unspecified atom stereocenters. The molecular weight excluding hydrogens is 529 g/mol. The molecule has 6 heteroatoms. The summed E-state index contributed by atoms with van der Waals surface area (Å²) in [4.78, 5) is 5.50. The van der Waals surface area contributed by atoms with Crippen LogP contribution in [-0.4, -0.2) is 0 Å². The summed E-state index contributed by atoms with van der Waals surface area (Å²) in [7, 11) is 0. The zero-order valence-corrected chi connectivity index (χ0v) is 23.1. The Balaban J connectivity index is 1.37. The normalized spacial score (nSPS) is 12.4. The molecule has 0 atom stereocenters. The van der Waals surface area contributed by atoms with Crippen LogP contribution in [0, 0.1) is 13.8 Å². The molecular formula is C28H16S6. The van der Waals surface area contributed by atoms with E-state index < -0.39 is 0 Å². The molecule has 0 N–H and O–H groups in total. The average Bonchev–Trinajstić information content (AvgIpc) is 3.63. The number of fused-ring (bicyclic) bond motifs is 9. The Morgan fingerprint density at radius 2 is 0.824 bits per heavy atom. The second-order valence-corrected chi connectivity index (χ2v) is 15.0. The topological polar surface area (TPSA) is 0 Å². The first kappa shape index (κ1) is 20.2. The molecule has 0 nitrogen and oxygen atoms in total. The van der Waals surface area contributed by atoms with Crippen LogP contribution < -0.4 is 0 Å². The molecule has 0 radical (unpaired) electrons. The maximum atomic E-state index is 2.37. The second kappa shape index (κ2) is 7.23. The molecule has 0 aliphatic heterocycles. The highest BCUT2D eigenvalue weighted by molar-refractivity contribution is 7.39. The van der Waals surface area contributed by atoms with Gasteiger partial charge in [-0.1, -0.05) is 24.3 Å². The predicted molar refractivity (Wildman–Crippen MR) is 162 cm³/mol. The molecule has 0 fully saturated rings. The fourth-order valence-electron chi connectivity index (χ4n) is 4.90. The molecule has 0 amide bonds. The van der Waals surface area contributed by atoms with Crippen molar-refractivity contribution in [1.82, 2.24) is 0 Å². The molecule has 8 aromatic rings. The molecule has 0 spiro atoms. The lowest BCUT2D eigenvalue weighted by Gasteiger charge is -1.98. The van der Waals surface area contributed by atoms with E-state index >= 15 is 0 Å². The van der Waals surface area contributed by atoms with E-state index in [4.69, 9.17) is 0 Å². The van der Waals surface area contributed by atoms with Crippen LogP contribution >= 0.6 is 68.0 Å². The van der Waals surface area contributed by atoms with Gasteiger partial charge >= 0.3 is 0 Å². The highest BCUT2D eigenvalue weighted by atomic mass is 32.1. The van der Waals surface area contributed by atoms with E-state index in [2.05, 4.69) is 73.1 Å². The van der Waals surface area contributed by atoms with Crippen LogP contribution in [0.25, 0.3) is 70.6 Å². The van der Waals surface area contributed by atoms with Crippen LogP contribution in [0.3, 0.4) is 0 Å². The first-order chi connectivity index (χ1) is 16.7. The number of rotatable bonds is 2. The molecule has 0 bridgehead atoms. The molecule has 34 heavy (non-hydrogen) atoms. The highest BCUT2D eigenvalue weighted by Gasteiger charge is 2.19. The fraction of sp³-hybridized carbons (Fsp3) is 0.0714. The van der Waals surface area contributed by atoms with Crippen LogP contribution in [0.5, 0.6) is 0 Å². The summed E-state index contributed by atoms with van der Waals surface area (Å²) in [5.41, 5.74) is 2.77. The van der Waals surface area contributed by atoms with Crippen LogP contribution in [0.15, 0.2) is 59.3 Å². The van der Waals surface area contributed by atoms with Crippen molar-refractivity contribution in [3.8, 4) is 20.9 Å². The first-order valence-electron chi connectivity index (χ1n) is 11.0. The minimum Gasteiger partial charge on any atom is -0.142 e. The molecule has 0 aliphatic rings. The number of thiophene rings is 6. The van der Waals surface area contributed by atoms with Crippen molar-refractivity contribution < 1.29 is 0 Å². The second-order valence-electron chi connectivity index (χ2n) is 8.62. The standard InChI is InChI=1S/C28H16S6/c1-13-3-9-21(31-13)19-11-29-23-15(19)5-7-17-25(23)33-28-18-8-6-16-20(22-10-4-14(2)32-22)12-30-24(16)26(18)34-27(17)28/h3-12H,1-2H3. The summed E-state index contributed by atoms with van der Waals surface area (Å²) in [6.07, 6.45) is 0. The number of benzene rings is 2. The van der Waals surface area contributed by atoms with Crippen LogP contribution in [-0.2, 0) is 0 Å². The Morgan fingerprint density at radius 3 is 1.24 bits per heavy atom. The Kier molecular flexibility index (Phi) is 4.29. The quantitative estimate of drug-likeness (QED) is 0.203. The zero-order valence-electron chi connectivity index (χ0n) is 18.2. The van der Waals surface area contributed by atoms with Gasteiger partial charge < -0.3 is 0 Å².